The maximum atomic E-state index is 11.9. The Kier molecular flexibility index (Phi) is 5.12. The molecule has 3 rings (SSSR count). The number of benzene rings is 2. The van der Waals surface area contributed by atoms with Crippen LogP contribution in [0, 0.1) is 0 Å². The van der Waals surface area contributed by atoms with E-state index in [1.807, 2.05) is 60.7 Å². The molecule has 0 bridgehead atoms. The molecule has 1 aromatic heterocycles. The number of halogens is 1. The SMILES string of the molecule is O=C(Cn1nnc2ccccc21)NN=C/C(Br)=C\c1ccccc1. The van der Waals surface area contributed by atoms with Crippen molar-refractivity contribution in [1.29, 1.82) is 0 Å². The van der Waals surface area contributed by atoms with E-state index in [1.165, 1.54) is 10.9 Å². The number of nitrogens with one attached hydrogen (secondary N) is 1. The van der Waals surface area contributed by atoms with Crippen LogP contribution in [0.25, 0.3) is 17.1 Å². The van der Waals surface area contributed by atoms with Gasteiger partial charge in [0.1, 0.15) is 12.1 Å². The maximum Gasteiger partial charge on any atom is 0.261 e. The highest BCUT2D eigenvalue weighted by atomic mass is 79.9. The van der Waals surface area contributed by atoms with E-state index in [0.717, 1.165) is 21.1 Å². The van der Waals surface area contributed by atoms with Crippen molar-refractivity contribution in [2.75, 3.05) is 0 Å². The highest BCUT2D eigenvalue weighted by Crippen LogP contribution is 2.10. The third kappa shape index (κ3) is 4.14. The number of aromatic nitrogens is 3. The van der Waals surface area contributed by atoms with Crippen LogP contribution in [-0.2, 0) is 11.3 Å². The van der Waals surface area contributed by atoms with Gasteiger partial charge in [0.25, 0.3) is 5.91 Å². The van der Waals surface area contributed by atoms with Crippen LogP contribution in [0.5, 0.6) is 0 Å². The first kappa shape index (κ1) is 16.1. The Bertz CT molecular complexity index is 901. The van der Waals surface area contributed by atoms with E-state index in [-0.39, 0.29) is 12.5 Å². The molecular formula is C17H14BrN5O. The molecule has 120 valence electrons. The Morgan fingerprint density at radius 3 is 2.75 bits per heavy atom. The second-order valence-electron chi connectivity index (χ2n) is 4.97. The van der Waals surface area contributed by atoms with Crippen molar-refractivity contribution in [2.45, 2.75) is 6.54 Å². The number of rotatable bonds is 5. The molecule has 1 N–H and O–H groups in total. The maximum absolute atomic E-state index is 11.9. The zero-order chi connectivity index (χ0) is 16.8. The van der Waals surface area contributed by atoms with Gasteiger partial charge in [0, 0.05) is 4.48 Å². The molecule has 0 spiro atoms. The lowest BCUT2D eigenvalue weighted by Crippen LogP contribution is -2.23. The van der Waals surface area contributed by atoms with E-state index in [2.05, 4.69) is 36.8 Å². The third-order valence-electron chi connectivity index (χ3n) is 3.19. The monoisotopic (exact) mass is 383 g/mol. The Hall–Kier alpha value is -2.80. The van der Waals surface area contributed by atoms with Gasteiger partial charge in [0.2, 0.25) is 0 Å². The van der Waals surface area contributed by atoms with E-state index in [1.54, 1.807) is 0 Å². The molecule has 0 unspecified atom stereocenters. The molecule has 7 heteroatoms. The number of carbonyl (C=O) groups is 1. The quantitative estimate of drug-likeness (QED) is 0.543. The lowest BCUT2D eigenvalue weighted by atomic mass is 10.2. The predicted molar refractivity (Wildman–Crippen MR) is 97.5 cm³/mol. The van der Waals surface area contributed by atoms with E-state index >= 15 is 0 Å². The normalized spacial score (nSPS) is 12.0. The minimum absolute atomic E-state index is 0.0534. The molecule has 2 aromatic carbocycles. The highest BCUT2D eigenvalue weighted by Gasteiger charge is 2.07. The average molecular weight is 384 g/mol. The van der Waals surface area contributed by atoms with Gasteiger partial charge in [-0.05, 0) is 39.7 Å². The number of hydrogen-bond donors (Lipinski definition) is 1. The van der Waals surface area contributed by atoms with Crippen LogP contribution >= 0.6 is 15.9 Å². The summed E-state index contributed by atoms with van der Waals surface area (Å²) >= 11 is 3.39. The largest absolute Gasteiger partial charge is 0.271 e. The van der Waals surface area contributed by atoms with Crippen molar-refractivity contribution in [3.05, 3.63) is 64.6 Å². The van der Waals surface area contributed by atoms with Gasteiger partial charge in [-0.25, -0.2) is 10.1 Å². The summed E-state index contributed by atoms with van der Waals surface area (Å²) in [6.07, 6.45) is 3.44. The van der Waals surface area contributed by atoms with Crippen LogP contribution in [0.15, 0.2) is 64.2 Å². The molecule has 1 amide bonds. The Morgan fingerprint density at radius 2 is 1.92 bits per heavy atom. The zero-order valence-electron chi connectivity index (χ0n) is 12.6. The molecule has 0 aliphatic carbocycles. The number of hydrogen-bond acceptors (Lipinski definition) is 4. The van der Waals surface area contributed by atoms with E-state index < -0.39 is 0 Å². The van der Waals surface area contributed by atoms with Gasteiger partial charge < -0.3 is 0 Å². The predicted octanol–water partition coefficient (Wildman–Crippen LogP) is 2.97. The summed E-state index contributed by atoms with van der Waals surface area (Å²) in [4.78, 5) is 11.9. The van der Waals surface area contributed by atoms with Crippen molar-refractivity contribution in [2.24, 2.45) is 5.10 Å². The molecule has 0 fully saturated rings. The van der Waals surface area contributed by atoms with Crippen LogP contribution in [-0.4, -0.2) is 27.1 Å². The molecule has 0 atom stereocenters. The first-order valence-corrected chi connectivity index (χ1v) is 8.04. The Balaban J connectivity index is 1.58. The first-order chi connectivity index (χ1) is 11.7. The Morgan fingerprint density at radius 1 is 1.17 bits per heavy atom. The number of carbonyl (C=O) groups excluding carboxylic acids is 1. The lowest BCUT2D eigenvalue weighted by Gasteiger charge is -2.01. The number of para-hydroxylation sites is 1. The summed E-state index contributed by atoms with van der Waals surface area (Å²) < 4.78 is 2.29. The summed E-state index contributed by atoms with van der Waals surface area (Å²) in [5, 5.41) is 11.9. The van der Waals surface area contributed by atoms with Crippen molar-refractivity contribution < 1.29 is 4.79 Å². The summed E-state index contributed by atoms with van der Waals surface area (Å²) in [5.74, 6) is -0.276. The van der Waals surface area contributed by atoms with E-state index in [4.69, 9.17) is 0 Å². The summed E-state index contributed by atoms with van der Waals surface area (Å²) in [6, 6.07) is 17.3. The van der Waals surface area contributed by atoms with Crippen LogP contribution in [0.3, 0.4) is 0 Å². The standard InChI is InChI=1S/C17H14BrN5O/c18-14(10-13-6-2-1-3-7-13)11-19-21-17(24)12-23-16-9-5-4-8-15(16)20-22-23/h1-11H,12H2,(H,21,24)/b14-10+,19-11?. The fourth-order valence-electron chi connectivity index (χ4n) is 2.12. The molecule has 0 saturated carbocycles. The zero-order valence-corrected chi connectivity index (χ0v) is 14.2. The third-order valence-corrected chi connectivity index (χ3v) is 3.63. The minimum Gasteiger partial charge on any atom is -0.271 e. The summed E-state index contributed by atoms with van der Waals surface area (Å²) in [7, 11) is 0. The molecular weight excluding hydrogens is 370 g/mol. The van der Waals surface area contributed by atoms with Crippen LogP contribution in [0.1, 0.15) is 5.56 Å². The smallest absolute Gasteiger partial charge is 0.261 e. The average Bonchev–Trinajstić information content (AvgIpc) is 2.99. The van der Waals surface area contributed by atoms with Gasteiger partial charge in [0.05, 0.1) is 11.7 Å². The summed E-state index contributed by atoms with van der Waals surface area (Å²) in [5.41, 5.74) is 5.07. The van der Waals surface area contributed by atoms with Gasteiger partial charge >= 0.3 is 0 Å². The Labute approximate surface area is 147 Å². The van der Waals surface area contributed by atoms with E-state index in [0.29, 0.717) is 0 Å². The first-order valence-electron chi connectivity index (χ1n) is 7.25. The lowest BCUT2D eigenvalue weighted by molar-refractivity contribution is -0.121. The second-order valence-corrected chi connectivity index (χ2v) is 5.88. The van der Waals surface area contributed by atoms with Crippen molar-refractivity contribution in [3.63, 3.8) is 0 Å². The molecule has 0 aliphatic heterocycles. The molecule has 0 saturated heterocycles. The molecule has 6 nitrogen and oxygen atoms in total. The van der Waals surface area contributed by atoms with Crippen molar-refractivity contribution in [1.82, 2.24) is 20.4 Å². The number of nitrogens with zero attached hydrogens (tertiary/aromatic N) is 4. The number of fused-ring (bicyclic) bond motifs is 1. The molecule has 0 radical (unpaired) electrons. The highest BCUT2D eigenvalue weighted by molar-refractivity contribution is 9.12. The van der Waals surface area contributed by atoms with Crippen LogP contribution in [0.4, 0.5) is 0 Å². The molecule has 0 aliphatic rings. The fraction of sp³-hybridized carbons (Fsp3) is 0.0588. The van der Waals surface area contributed by atoms with Gasteiger partial charge in [-0.2, -0.15) is 5.10 Å². The molecule has 1 heterocycles. The summed E-state index contributed by atoms with van der Waals surface area (Å²) in [6.45, 7) is 0.0534. The van der Waals surface area contributed by atoms with Crippen molar-refractivity contribution >= 4 is 45.2 Å². The second kappa shape index (κ2) is 7.65. The van der Waals surface area contributed by atoms with Crippen molar-refractivity contribution in [3.8, 4) is 0 Å². The number of hydrazone groups is 1. The van der Waals surface area contributed by atoms with E-state index in [9.17, 15) is 4.79 Å². The minimum atomic E-state index is -0.276. The number of amides is 1. The van der Waals surface area contributed by atoms with Gasteiger partial charge in [-0.3, -0.25) is 4.79 Å². The number of allylic oxidation sites excluding steroid dienone is 1. The molecule has 24 heavy (non-hydrogen) atoms. The van der Waals surface area contributed by atoms with Crippen LogP contribution in [0.2, 0.25) is 0 Å². The fourth-order valence-corrected chi connectivity index (χ4v) is 2.48. The topological polar surface area (TPSA) is 72.2 Å². The van der Waals surface area contributed by atoms with Gasteiger partial charge in [0.15, 0.2) is 0 Å². The van der Waals surface area contributed by atoms with Crippen LogP contribution < -0.4 is 5.43 Å². The van der Waals surface area contributed by atoms with Gasteiger partial charge in [-0.1, -0.05) is 47.7 Å². The molecule has 3 aromatic rings. The van der Waals surface area contributed by atoms with Gasteiger partial charge in [-0.15, -0.1) is 5.10 Å².